The first kappa shape index (κ1) is 14.3. The van der Waals surface area contributed by atoms with Crippen molar-refractivity contribution >= 4 is 10.0 Å². The van der Waals surface area contributed by atoms with Gasteiger partial charge in [-0.1, -0.05) is 32.1 Å². The third kappa shape index (κ3) is 3.25. The van der Waals surface area contributed by atoms with Gasteiger partial charge in [-0.3, -0.25) is 0 Å². The van der Waals surface area contributed by atoms with Crippen LogP contribution in [0.15, 0.2) is 0 Å². The van der Waals surface area contributed by atoms with E-state index in [2.05, 4.69) is 4.72 Å². The van der Waals surface area contributed by atoms with Gasteiger partial charge in [0.25, 0.3) is 0 Å². The van der Waals surface area contributed by atoms with Gasteiger partial charge in [0.2, 0.25) is 10.0 Å². The molecule has 2 N–H and O–H groups in total. The van der Waals surface area contributed by atoms with Crippen molar-refractivity contribution in [3.05, 3.63) is 0 Å². The van der Waals surface area contributed by atoms with Crippen molar-refractivity contribution in [2.45, 2.75) is 63.0 Å². The van der Waals surface area contributed by atoms with E-state index in [4.69, 9.17) is 0 Å². The van der Waals surface area contributed by atoms with Crippen LogP contribution in [0.2, 0.25) is 0 Å². The van der Waals surface area contributed by atoms with Gasteiger partial charge in [0.05, 0.1) is 5.25 Å². The van der Waals surface area contributed by atoms with Crippen molar-refractivity contribution in [1.82, 2.24) is 4.72 Å². The van der Waals surface area contributed by atoms with E-state index >= 15 is 0 Å². The van der Waals surface area contributed by atoms with Gasteiger partial charge in [0.15, 0.2) is 0 Å². The van der Waals surface area contributed by atoms with Crippen molar-refractivity contribution in [2.75, 3.05) is 13.2 Å². The lowest BCUT2D eigenvalue weighted by molar-refractivity contribution is 0.134. The summed E-state index contributed by atoms with van der Waals surface area (Å²) in [6.07, 6.45) is 8.88. The first-order valence-corrected chi connectivity index (χ1v) is 8.72. The summed E-state index contributed by atoms with van der Waals surface area (Å²) >= 11 is 0. The summed E-state index contributed by atoms with van der Waals surface area (Å²) in [5.74, 6) is 0. The number of hydrogen-bond acceptors (Lipinski definition) is 3. The molecule has 0 aromatic heterocycles. The molecule has 2 aliphatic carbocycles. The minimum absolute atomic E-state index is 0.0974. The molecule has 0 aromatic rings. The highest BCUT2D eigenvalue weighted by molar-refractivity contribution is 7.90. The van der Waals surface area contributed by atoms with Crippen molar-refractivity contribution in [3.8, 4) is 0 Å². The molecule has 0 heterocycles. The third-order valence-electron chi connectivity index (χ3n) is 4.64. The predicted molar refractivity (Wildman–Crippen MR) is 71.8 cm³/mol. The van der Waals surface area contributed by atoms with Gasteiger partial charge in [-0.2, -0.15) is 0 Å². The van der Waals surface area contributed by atoms with Crippen LogP contribution in [0.5, 0.6) is 0 Å². The Morgan fingerprint density at radius 2 is 1.67 bits per heavy atom. The Hall–Kier alpha value is -0.130. The summed E-state index contributed by atoms with van der Waals surface area (Å²) in [5, 5.41) is 9.28. The van der Waals surface area contributed by atoms with Gasteiger partial charge >= 0.3 is 0 Å². The molecule has 18 heavy (non-hydrogen) atoms. The molecule has 0 saturated heterocycles. The Kier molecular flexibility index (Phi) is 4.67. The Labute approximate surface area is 110 Å². The van der Waals surface area contributed by atoms with Crippen LogP contribution in [0.25, 0.3) is 0 Å². The van der Waals surface area contributed by atoms with E-state index in [0.717, 1.165) is 57.8 Å². The third-order valence-corrected chi connectivity index (χ3v) is 6.53. The van der Waals surface area contributed by atoms with Crippen LogP contribution in [0.3, 0.4) is 0 Å². The predicted octanol–water partition coefficient (Wildman–Crippen LogP) is 1.79. The Morgan fingerprint density at radius 3 is 2.22 bits per heavy atom. The van der Waals surface area contributed by atoms with E-state index in [-0.39, 0.29) is 17.3 Å². The van der Waals surface area contributed by atoms with E-state index in [1.54, 1.807) is 0 Å². The SMILES string of the molecule is O=S(=O)(NCC1(CO)CCCC1)C1CCCCC1. The molecule has 2 rings (SSSR count). The molecule has 0 aromatic carbocycles. The number of rotatable bonds is 5. The molecule has 2 saturated carbocycles. The van der Waals surface area contributed by atoms with Gasteiger partial charge in [-0.25, -0.2) is 13.1 Å². The molecule has 0 bridgehead atoms. The Morgan fingerprint density at radius 1 is 1.06 bits per heavy atom. The second kappa shape index (κ2) is 5.88. The van der Waals surface area contributed by atoms with E-state index in [1.165, 1.54) is 0 Å². The summed E-state index contributed by atoms with van der Waals surface area (Å²) in [6, 6.07) is 0. The summed E-state index contributed by atoms with van der Waals surface area (Å²) in [7, 11) is -3.18. The fourth-order valence-corrected chi connectivity index (χ4v) is 4.96. The molecule has 4 nitrogen and oxygen atoms in total. The highest BCUT2D eigenvalue weighted by Gasteiger charge is 2.36. The first-order chi connectivity index (χ1) is 8.58. The largest absolute Gasteiger partial charge is 0.396 e. The monoisotopic (exact) mass is 275 g/mol. The van der Waals surface area contributed by atoms with Crippen molar-refractivity contribution in [1.29, 1.82) is 0 Å². The van der Waals surface area contributed by atoms with Crippen molar-refractivity contribution in [3.63, 3.8) is 0 Å². The highest BCUT2D eigenvalue weighted by atomic mass is 32.2. The van der Waals surface area contributed by atoms with Gasteiger partial charge < -0.3 is 5.11 Å². The van der Waals surface area contributed by atoms with Crippen LogP contribution in [-0.4, -0.2) is 31.9 Å². The van der Waals surface area contributed by atoms with Crippen LogP contribution in [0, 0.1) is 5.41 Å². The van der Waals surface area contributed by atoms with Gasteiger partial charge in [0.1, 0.15) is 0 Å². The van der Waals surface area contributed by atoms with Crippen LogP contribution in [0.4, 0.5) is 0 Å². The van der Waals surface area contributed by atoms with Crippen molar-refractivity contribution < 1.29 is 13.5 Å². The lowest BCUT2D eigenvalue weighted by Gasteiger charge is -2.29. The van der Waals surface area contributed by atoms with Gasteiger partial charge in [-0.05, 0) is 25.7 Å². The Balaban J connectivity index is 1.91. The average molecular weight is 275 g/mol. The zero-order valence-electron chi connectivity index (χ0n) is 11.0. The van der Waals surface area contributed by atoms with E-state index in [0.29, 0.717) is 6.54 Å². The zero-order chi connectivity index (χ0) is 13.1. The van der Waals surface area contributed by atoms with Crippen LogP contribution in [-0.2, 0) is 10.0 Å². The summed E-state index contributed by atoms with van der Waals surface area (Å²) in [6.45, 7) is 0.516. The smallest absolute Gasteiger partial charge is 0.214 e. The fraction of sp³-hybridized carbons (Fsp3) is 1.00. The molecule has 5 heteroatoms. The first-order valence-electron chi connectivity index (χ1n) is 7.17. The molecular weight excluding hydrogens is 250 g/mol. The molecular formula is C13H25NO3S. The van der Waals surface area contributed by atoms with Crippen molar-refractivity contribution in [2.24, 2.45) is 5.41 Å². The van der Waals surface area contributed by atoms with Crippen LogP contribution in [0.1, 0.15) is 57.8 Å². The zero-order valence-corrected chi connectivity index (χ0v) is 11.8. The van der Waals surface area contributed by atoms with E-state index in [9.17, 15) is 13.5 Å². The minimum atomic E-state index is -3.18. The number of aliphatic hydroxyl groups excluding tert-OH is 1. The number of hydrogen-bond donors (Lipinski definition) is 2. The van der Waals surface area contributed by atoms with Gasteiger partial charge in [0, 0.05) is 18.6 Å². The molecule has 2 fully saturated rings. The highest BCUT2D eigenvalue weighted by Crippen LogP contribution is 2.37. The summed E-state index contributed by atoms with van der Waals surface area (Å²) in [4.78, 5) is 0. The molecule has 106 valence electrons. The topological polar surface area (TPSA) is 66.4 Å². The summed E-state index contributed by atoms with van der Waals surface area (Å²) in [5.41, 5.74) is -0.193. The second-order valence-electron chi connectivity index (χ2n) is 5.99. The van der Waals surface area contributed by atoms with Gasteiger partial charge in [-0.15, -0.1) is 0 Å². The lowest BCUT2D eigenvalue weighted by atomic mass is 9.88. The molecule has 0 radical (unpaired) electrons. The van der Waals surface area contributed by atoms with E-state index in [1.807, 2.05) is 0 Å². The Bertz CT molecular complexity index is 354. The number of aliphatic hydroxyl groups is 1. The van der Waals surface area contributed by atoms with Crippen LogP contribution < -0.4 is 4.72 Å². The lowest BCUT2D eigenvalue weighted by Crippen LogP contribution is -2.42. The number of nitrogens with one attached hydrogen (secondary N) is 1. The second-order valence-corrected chi connectivity index (χ2v) is 8.04. The molecule has 0 spiro atoms. The normalized spacial score (nSPS) is 25.4. The molecule has 0 unspecified atom stereocenters. The standard InChI is InChI=1S/C13H25NO3S/c15-11-13(8-4-5-9-13)10-14-18(16,17)12-6-2-1-3-7-12/h12,14-15H,1-11H2. The maximum absolute atomic E-state index is 12.2. The average Bonchev–Trinajstić information content (AvgIpc) is 2.87. The fourth-order valence-electron chi connectivity index (χ4n) is 3.26. The van der Waals surface area contributed by atoms with E-state index < -0.39 is 10.0 Å². The molecule has 0 amide bonds. The quantitative estimate of drug-likeness (QED) is 0.804. The minimum Gasteiger partial charge on any atom is -0.396 e. The molecule has 0 aliphatic heterocycles. The molecule has 0 atom stereocenters. The van der Waals surface area contributed by atoms with Crippen LogP contribution >= 0.6 is 0 Å². The number of sulfonamides is 1. The maximum Gasteiger partial charge on any atom is 0.214 e. The maximum atomic E-state index is 12.2. The summed E-state index contributed by atoms with van der Waals surface area (Å²) < 4.78 is 27.2. The molecule has 2 aliphatic rings.